The summed E-state index contributed by atoms with van der Waals surface area (Å²) in [6.07, 6.45) is 5.39. The summed E-state index contributed by atoms with van der Waals surface area (Å²) in [6.45, 7) is 1.53. The Morgan fingerprint density at radius 1 is 1.32 bits per heavy atom. The fourth-order valence-corrected chi connectivity index (χ4v) is 2.50. The molecule has 4 nitrogen and oxygen atoms in total. The van der Waals surface area contributed by atoms with Gasteiger partial charge in [0.15, 0.2) is 6.10 Å². The normalized spacial score (nSPS) is 18.6. The van der Waals surface area contributed by atoms with Crippen LogP contribution < -0.4 is 5.32 Å². The monoisotopic (exact) mass is 341 g/mol. The third-order valence-corrected chi connectivity index (χ3v) is 4.02. The molecule has 0 saturated carbocycles. The van der Waals surface area contributed by atoms with Gasteiger partial charge in [-0.15, -0.1) is 0 Å². The number of nitrogens with one attached hydrogen (secondary N) is 1. The highest BCUT2D eigenvalue weighted by Crippen LogP contribution is 2.26. The first-order valence-electron chi connectivity index (χ1n) is 7.09. The number of allylic oxidation sites excluding steroid dienone is 2. The third kappa shape index (κ3) is 4.49. The summed E-state index contributed by atoms with van der Waals surface area (Å²) >= 11 is 11.8. The van der Waals surface area contributed by atoms with Crippen molar-refractivity contribution in [2.24, 2.45) is 5.92 Å². The standard InChI is InChI=1S/C16H17Cl2NO3/c1-10(22-16(21)11-5-3-2-4-6-11)15(20)19-14-9-12(17)7-8-13(14)18/h2-3,7-11H,4-6H2,1H3,(H,19,20)/t10-,11+/m0/s1. The maximum atomic E-state index is 12.1. The lowest BCUT2D eigenvalue weighted by atomic mass is 9.95. The molecule has 0 aliphatic heterocycles. The number of rotatable bonds is 4. The number of ether oxygens (including phenoxy) is 1. The topological polar surface area (TPSA) is 55.4 Å². The molecular weight excluding hydrogens is 325 g/mol. The molecule has 2 atom stereocenters. The van der Waals surface area contributed by atoms with Crippen molar-refractivity contribution in [1.29, 1.82) is 0 Å². The molecular formula is C16H17Cl2NO3. The summed E-state index contributed by atoms with van der Waals surface area (Å²) in [7, 11) is 0. The van der Waals surface area contributed by atoms with E-state index in [4.69, 9.17) is 27.9 Å². The number of amides is 1. The van der Waals surface area contributed by atoms with E-state index in [2.05, 4.69) is 5.32 Å². The van der Waals surface area contributed by atoms with Gasteiger partial charge in [-0.25, -0.2) is 0 Å². The Hall–Kier alpha value is -1.52. The quantitative estimate of drug-likeness (QED) is 0.658. The minimum absolute atomic E-state index is 0.171. The van der Waals surface area contributed by atoms with Crippen LogP contribution in [0.2, 0.25) is 10.0 Å². The van der Waals surface area contributed by atoms with Gasteiger partial charge in [-0.1, -0.05) is 35.4 Å². The molecule has 1 aliphatic carbocycles. The smallest absolute Gasteiger partial charge is 0.310 e. The molecule has 22 heavy (non-hydrogen) atoms. The lowest BCUT2D eigenvalue weighted by molar-refractivity contribution is -0.157. The van der Waals surface area contributed by atoms with E-state index in [0.29, 0.717) is 22.2 Å². The van der Waals surface area contributed by atoms with Gasteiger partial charge in [-0.3, -0.25) is 9.59 Å². The van der Waals surface area contributed by atoms with E-state index in [9.17, 15) is 9.59 Å². The Labute approximate surface area is 139 Å². The zero-order chi connectivity index (χ0) is 16.1. The second-order valence-corrected chi connectivity index (χ2v) is 6.02. The average molecular weight is 342 g/mol. The second-order valence-electron chi connectivity index (χ2n) is 5.17. The summed E-state index contributed by atoms with van der Waals surface area (Å²) in [5, 5.41) is 3.44. The Balaban J connectivity index is 1.93. The van der Waals surface area contributed by atoms with E-state index in [1.165, 1.54) is 6.92 Å². The van der Waals surface area contributed by atoms with Crippen molar-refractivity contribution in [3.63, 3.8) is 0 Å². The van der Waals surface area contributed by atoms with Crippen molar-refractivity contribution in [3.05, 3.63) is 40.4 Å². The number of hydrogen-bond donors (Lipinski definition) is 1. The van der Waals surface area contributed by atoms with Crippen molar-refractivity contribution in [3.8, 4) is 0 Å². The van der Waals surface area contributed by atoms with Crippen LogP contribution in [0.15, 0.2) is 30.4 Å². The Kier molecular flexibility index (Phi) is 5.86. The first kappa shape index (κ1) is 16.8. The van der Waals surface area contributed by atoms with Gasteiger partial charge < -0.3 is 10.1 Å². The number of carbonyl (C=O) groups excluding carboxylic acids is 2. The van der Waals surface area contributed by atoms with E-state index in [1.54, 1.807) is 18.2 Å². The molecule has 0 spiro atoms. The van der Waals surface area contributed by atoms with Crippen LogP contribution in [0.5, 0.6) is 0 Å². The van der Waals surface area contributed by atoms with Crippen LogP contribution in [-0.2, 0) is 14.3 Å². The minimum atomic E-state index is -0.895. The first-order chi connectivity index (χ1) is 10.5. The van der Waals surface area contributed by atoms with E-state index in [-0.39, 0.29) is 11.9 Å². The molecule has 1 N–H and O–H groups in total. The van der Waals surface area contributed by atoms with Gasteiger partial charge in [-0.05, 0) is 44.4 Å². The molecule has 0 radical (unpaired) electrons. The maximum absolute atomic E-state index is 12.1. The van der Waals surface area contributed by atoms with Crippen LogP contribution in [0.25, 0.3) is 0 Å². The molecule has 0 heterocycles. The van der Waals surface area contributed by atoms with E-state index < -0.39 is 12.0 Å². The largest absolute Gasteiger partial charge is 0.452 e. The van der Waals surface area contributed by atoms with Crippen molar-refractivity contribution >= 4 is 40.8 Å². The molecule has 0 bridgehead atoms. The molecule has 1 aromatic carbocycles. The van der Waals surface area contributed by atoms with Gasteiger partial charge in [0.2, 0.25) is 0 Å². The number of hydrogen-bond acceptors (Lipinski definition) is 3. The highest BCUT2D eigenvalue weighted by Gasteiger charge is 2.25. The van der Waals surface area contributed by atoms with Crippen LogP contribution >= 0.6 is 23.2 Å². The van der Waals surface area contributed by atoms with Crippen LogP contribution in [-0.4, -0.2) is 18.0 Å². The summed E-state index contributed by atoms with van der Waals surface area (Å²) < 4.78 is 5.23. The second kappa shape index (κ2) is 7.65. The molecule has 0 aromatic heterocycles. The predicted molar refractivity (Wildman–Crippen MR) is 87.1 cm³/mol. The third-order valence-electron chi connectivity index (χ3n) is 3.45. The van der Waals surface area contributed by atoms with Crippen LogP contribution in [0.3, 0.4) is 0 Å². The summed E-state index contributed by atoms with van der Waals surface area (Å²) in [5.41, 5.74) is 0.391. The zero-order valence-electron chi connectivity index (χ0n) is 12.1. The highest BCUT2D eigenvalue weighted by molar-refractivity contribution is 6.35. The highest BCUT2D eigenvalue weighted by atomic mass is 35.5. The number of carbonyl (C=O) groups is 2. The van der Waals surface area contributed by atoms with E-state index >= 15 is 0 Å². The van der Waals surface area contributed by atoms with Crippen molar-refractivity contribution in [2.45, 2.75) is 32.3 Å². The Morgan fingerprint density at radius 3 is 2.77 bits per heavy atom. The van der Waals surface area contributed by atoms with Gasteiger partial charge in [-0.2, -0.15) is 0 Å². The fraction of sp³-hybridized carbons (Fsp3) is 0.375. The molecule has 2 rings (SSSR count). The van der Waals surface area contributed by atoms with Crippen molar-refractivity contribution in [2.75, 3.05) is 5.32 Å². The summed E-state index contributed by atoms with van der Waals surface area (Å²) in [4.78, 5) is 24.1. The SMILES string of the molecule is C[C@H](OC(=O)[C@@H]1CC=CCC1)C(=O)Nc1cc(Cl)ccc1Cl. The summed E-state index contributed by atoms with van der Waals surface area (Å²) in [6, 6.07) is 4.76. The summed E-state index contributed by atoms with van der Waals surface area (Å²) in [5.74, 6) is -0.955. The average Bonchev–Trinajstić information content (AvgIpc) is 2.51. The molecule has 0 unspecified atom stereocenters. The number of anilines is 1. The molecule has 6 heteroatoms. The molecule has 0 fully saturated rings. The number of benzene rings is 1. The Morgan fingerprint density at radius 2 is 2.09 bits per heavy atom. The van der Waals surface area contributed by atoms with E-state index in [0.717, 1.165) is 12.8 Å². The van der Waals surface area contributed by atoms with Crippen LogP contribution in [0.1, 0.15) is 26.2 Å². The number of esters is 1. The van der Waals surface area contributed by atoms with Gasteiger partial charge in [0.25, 0.3) is 5.91 Å². The molecule has 0 saturated heterocycles. The maximum Gasteiger partial charge on any atom is 0.310 e. The predicted octanol–water partition coefficient (Wildman–Crippen LogP) is 4.22. The fourth-order valence-electron chi connectivity index (χ4n) is 2.16. The van der Waals surface area contributed by atoms with E-state index in [1.807, 2.05) is 12.2 Å². The van der Waals surface area contributed by atoms with Crippen LogP contribution in [0.4, 0.5) is 5.69 Å². The molecule has 118 valence electrons. The first-order valence-corrected chi connectivity index (χ1v) is 7.84. The molecule has 1 aliphatic rings. The van der Waals surface area contributed by atoms with Crippen molar-refractivity contribution < 1.29 is 14.3 Å². The lowest BCUT2D eigenvalue weighted by Crippen LogP contribution is -2.32. The van der Waals surface area contributed by atoms with Crippen molar-refractivity contribution in [1.82, 2.24) is 0 Å². The van der Waals surface area contributed by atoms with Crippen LogP contribution in [0, 0.1) is 5.92 Å². The zero-order valence-corrected chi connectivity index (χ0v) is 13.7. The Bertz CT molecular complexity index is 601. The molecule has 1 aromatic rings. The van der Waals surface area contributed by atoms with Gasteiger partial charge >= 0.3 is 5.97 Å². The minimum Gasteiger partial charge on any atom is -0.452 e. The lowest BCUT2D eigenvalue weighted by Gasteiger charge is -2.20. The molecule has 1 amide bonds. The van der Waals surface area contributed by atoms with Gasteiger partial charge in [0, 0.05) is 5.02 Å². The number of halogens is 2. The van der Waals surface area contributed by atoms with Gasteiger partial charge in [0.1, 0.15) is 0 Å². The van der Waals surface area contributed by atoms with Gasteiger partial charge in [0.05, 0.1) is 16.6 Å².